The van der Waals surface area contributed by atoms with Crippen LogP contribution in [0, 0.1) is 5.92 Å². The molecule has 1 saturated heterocycles. The minimum absolute atomic E-state index is 0.0865. The predicted octanol–water partition coefficient (Wildman–Crippen LogP) is 3.30. The largest absolute Gasteiger partial charge is 0.490 e. The van der Waals surface area contributed by atoms with E-state index in [4.69, 9.17) is 14.6 Å². The molecule has 1 aromatic heterocycles. The summed E-state index contributed by atoms with van der Waals surface area (Å²) in [6.45, 7) is 1.68. The van der Waals surface area contributed by atoms with Crippen LogP contribution in [0.15, 0.2) is 87.5 Å². The van der Waals surface area contributed by atoms with Crippen LogP contribution < -0.4 is 29.7 Å². The molecule has 1 fully saturated rings. The number of aromatic nitrogens is 1. The Hall–Kier alpha value is -4.44. The quantitative estimate of drug-likeness (QED) is 0.226. The standard InChI is InChI=1S/C30H26N4O8S3/c1-2-41-21-14-16(8-13-20(21)42-15-22(35)32-17-9-11-19(12-10-17)45(31,39)40)23-24-26(43-27-25(23)44-30(38)33-27)29(37)34(28(24)36)18-6-4-3-5-7-18/h3-14,23-24,26H,2,15H2,1H3,(H,32,35)(H,33,38)(H2,31,39,40)/t23-,24-,26+/m0/s1. The van der Waals surface area contributed by atoms with E-state index in [-0.39, 0.29) is 40.5 Å². The zero-order valence-corrected chi connectivity index (χ0v) is 26.0. The molecule has 232 valence electrons. The highest BCUT2D eigenvalue weighted by molar-refractivity contribution is 8.00. The first-order chi connectivity index (χ1) is 21.5. The number of ether oxygens (including phenoxy) is 2. The average Bonchev–Trinajstić information content (AvgIpc) is 3.50. The molecule has 4 aromatic rings. The number of nitrogens with one attached hydrogen (secondary N) is 2. The van der Waals surface area contributed by atoms with Crippen LogP contribution in [0.5, 0.6) is 11.5 Å². The van der Waals surface area contributed by atoms with Crippen LogP contribution in [0.3, 0.4) is 0 Å². The second-order valence-corrected chi connectivity index (χ2v) is 13.9. The fourth-order valence-corrected chi connectivity index (χ4v) is 8.41. The first-order valence-corrected chi connectivity index (χ1v) is 16.9. The first-order valence-electron chi connectivity index (χ1n) is 13.7. The lowest BCUT2D eigenvalue weighted by Gasteiger charge is -2.30. The van der Waals surface area contributed by atoms with Gasteiger partial charge in [0, 0.05) is 16.5 Å². The number of hydrogen-bond acceptors (Lipinski definition) is 10. The van der Waals surface area contributed by atoms with E-state index in [1.165, 1.54) is 40.9 Å². The van der Waals surface area contributed by atoms with Crippen molar-refractivity contribution in [3.63, 3.8) is 0 Å². The van der Waals surface area contributed by atoms with Crippen LogP contribution >= 0.6 is 23.1 Å². The van der Waals surface area contributed by atoms with Gasteiger partial charge in [0.2, 0.25) is 21.8 Å². The molecule has 0 bridgehead atoms. The Morgan fingerprint density at radius 3 is 2.40 bits per heavy atom. The molecule has 4 N–H and O–H groups in total. The van der Waals surface area contributed by atoms with E-state index in [1.807, 2.05) is 0 Å². The Labute approximate surface area is 265 Å². The van der Waals surface area contributed by atoms with Gasteiger partial charge in [-0.05, 0) is 61.0 Å². The number of rotatable bonds is 9. The Morgan fingerprint density at radius 1 is 0.978 bits per heavy atom. The highest BCUT2D eigenvalue weighted by Crippen LogP contribution is 2.53. The van der Waals surface area contributed by atoms with Crippen LogP contribution in [0.1, 0.15) is 23.3 Å². The number of hydrogen-bond donors (Lipinski definition) is 3. The minimum Gasteiger partial charge on any atom is -0.490 e. The Bertz CT molecular complexity index is 1960. The molecule has 2 aliphatic rings. The van der Waals surface area contributed by atoms with Crippen LogP contribution in [-0.2, 0) is 24.4 Å². The summed E-state index contributed by atoms with van der Waals surface area (Å²) in [4.78, 5) is 56.8. The van der Waals surface area contributed by atoms with Gasteiger partial charge in [-0.25, -0.2) is 18.5 Å². The number of fused-ring (bicyclic) bond motifs is 2. The number of imide groups is 1. The summed E-state index contributed by atoms with van der Waals surface area (Å²) >= 11 is 2.20. The number of para-hydroxylation sites is 1. The monoisotopic (exact) mass is 666 g/mol. The third-order valence-corrected chi connectivity index (χ3v) is 10.6. The van der Waals surface area contributed by atoms with Gasteiger partial charge in [0.05, 0.1) is 28.1 Å². The van der Waals surface area contributed by atoms with Gasteiger partial charge in [0.15, 0.2) is 18.1 Å². The zero-order chi connectivity index (χ0) is 31.9. The number of primary sulfonamides is 1. The van der Waals surface area contributed by atoms with Crippen molar-refractivity contribution in [1.82, 2.24) is 4.98 Å². The summed E-state index contributed by atoms with van der Waals surface area (Å²) in [7, 11) is -3.86. The number of nitrogens with two attached hydrogens (primary N) is 1. The van der Waals surface area contributed by atoms with Crippen LogP contribution in [-0.4, -0.2) is 49.6 Å². The first kappa shape index (κ1) is 30.6. The van der Waals surface area contributed by atoms with E-state index in [1.54, 1.807) is 55.5 Å². The molecule has 12 nitrogen and oxygen atoms in total. The zero-order valence-electron chi connectivity index (χ0n) is 23.6. The normalized spacial score (nSPS) is 19.2. The maximum Gasteiger partial charge on any atom is 0.305 e. The van der Waals surface area contributed by atoms with Gasteiger partial charge in [-0.1, -0.05) is 47.4 Å². The Kier molecular flexibility index (Phi) is 8.26. The topological polar surface area (TPSA) is 178 Å². The molecule has 6 rings (SSSR count). The molecule has 0 radical (unpaired) electrons. The average molecular weight is 667 g/mol. The number of benzene rings is 3. The second-order valence-electron chi connectivity index (χ2n) is 10.1. The molecular formula is C30H26N4O8S3. The van der Waals surface area contributed by atoms with Crippen molar-refractivity contribution in [2.75, 3.05) is 23.4 Å². The summed E-state index contributed by atoms with van der Waals surface area (Å²) < 4.78 is 34.6. The maximum atomic E-state index is 13.9. The predicted molar refractivity (Wildman–Crippen MR) is 168 cm³/mol. The van der Waals surface area contributed by atoms with E-state index >= 15 is 0 Å². The summed E-state index contributed by atoms with van der Waals surface area (Å²) in [5.41, 5.74) is 1.48. The van der Waals surface area contributed by atoms with Crippen molar-refractivity contribution in [2.45, 2.75) is 28.0 Å². The lowest BCUT2D eigenvalue weighted by atomic mass is 9.83. The number of H-pyrrole nitrogens is 1. The number of nitrogens with zero attached hydrogens (tertiary/aromatic N) is 1. The number of carbonyl (C=O) groups excluding carboxylic acids is 3. The van der Waals surface area contributed by atoms with Crippen molar-refractivity contribution < 1.29 is 32.3 Å². The van der Waals surface area contributed by atoms with Crippen LogP contribution in [0.2, 0.25) is 0 Å². The molecule has 0 aliphatic carbocycles. The molecular weight excluding hydrogens is 641 g/mol. The number of amides is 3. The highest BCUT2D eigenvalue weighted by atomic mass is 32.2. The van der Waals surface area contributed by atoms with Crippen molar-refractivity contribution in [3.05, 3.63) is 92.9 Å². The molecule has 2 aliphatic heterocycles. The molecule has 3 heterocycles. The molecule has 0 saturated carbocycles. The molecule has 3 amide bonds. The number of anilines is 2. The minimum atomic E-state index is -3.86. The second kappa shape index (κ2) is 12.2. The van der Waals surface area contributed by atoms with Gasteiger partial charge in [0.25, 0.3) is 5.91 Å². The van der Waals surface area contributed by atoms with Crippen LogP contribution in [0.25, 0.3) is 0 Å². The van der Waals surface area contributed by atoms with E-state index < -0.39 is 33.0 Å². The molecule has 3 atom stereocenters. The fraction of sp³-hybridized carbons (Fsp3) is 0.200. The van der Waals surface area contributed by atoms with E-state index in [9.17, 15) is 27.6 Å². The van der Waals surface area contributed by atoms with Gasteiger partial charge < -0.3 is 19.8 Å². The molecule has 0 unspecified atom stereocenters. The van der Waals surface area contributed by atoms with E-state index in [2.05, 4.69) is 10.3 Å². The van der Waals surface area contributed by atoms with E-state index in [0.717, 1.165) is 11.3 Å². The van der Waals surface area contributed by atoms with Crippen molar-refractivity contribution in [1.29, 1.82) is 0 Å². The smallest absolute Gasteiger partial charge is 0.305 e. The lowest BCUT2D eigenvalue weighted by molar-refractivity contribution is -0.122. The number of thioether (sulfide) groups is 1. The summed E-state index contributed by atoms with van der Waals surface area (Å²) in [5.74, 6) is -2.01. The van der Waals surface area contributed by atoms with E-state index in [0.29, 0.717) is 32.6 Å². The van der Waals surface area contributed by atoms with Crippen LogP contribution in [0.4, 0.5) is 11.4 Å². The molecule has 45 heavy (non-hydrogen) atoms. The maximum absolute atomic E-state index is 13.9. The third kappa shape index (κ3) is 5.99. The SMILES string of the molecule is CCOc1cc([C@@H]2c3sc(=O)[nH]c3S[C@H]3C(=O)N(c4ccccc4)C(=O)[C@@H]23)ccc1OCC(=O)Nc1ccc(S(N)(=O)=O)cc1. The van der Waals surface area contributed by atoms with Gasteiger partial charge >= 0.3 is 4.87 Å². The van der Waals surface area contributed by atoms with Gasteiger partial charge in [0.1, 0.15) is 5.25 Å². The number of thiazole rings is 1. The lowest BCUT2D eigenvalue weighted by Crippen LogP contribution is -2.32. The van der Waals surface area contributed by atoms with Crippen molar-refractivity contribution in [2.24, 2.45) is 11.1 Å². The fourth-order valence-electron chi connectivity index (χ4n) is 5.38. The van der Waals surface area contributed by atoms with Gasteiger partial charge in [-0.2, -0.15) is 0 Å². The Balaban J connectivity index is 1.27. The summed E-state index contributed by atoms with van der Waals surface area (Å²) in [6.07, 6.45) is 0. The van der Waals surface area contributed by atoms with Gasteiger partial charge in [-0.15, -0.1) is 0 Å². The van der Waals surface area contributed by atoms with Crippen molar-refractivity contribution >= 4 is 62.2 Å². The summed E-state index contributed by atoms with van der Waals surface area (Å²) in [5, 5.41) is 7.55. The van der Waals surface area contributed by atoms with Crippen molar-refractivity contribution in [3.8, 4) is 11.5 Å². The number of aromatic amines is 1. The Morgan fingerprint density at radius 2 is 1.71 bits per heavy atom. The highest BCUT2D eigenvalue weighted by Gasteiger charge is 2.56. The summed E-state index contributed by atoms with van der Waals surface area (Å²) in [6, 6.07) is 19.2. The third-order valence-electron chi connectivity index (χ3n) is 7.29. The molecule has 3 aromatic carbocycles. The molecule has 0 spiro atoms. The number of carbonyl (C=O) groups is 3. The number of sulfonamides is 1. The van der Waals surface area contributed by atoms with Gasteiger partial charge in [-0.3, -0.25) is 19.2 Å². The molecule has 15 heteroatoms.